The Balaban J connectivity index is 2.16. The Morgan fingerprint density at radius 3 is 2.36 bits per heavy atom. The number of hydrogen-bond acceptors (Lipinski definition) is 2. The van der Waals surface area contributed by atoms with Crippen LogP contribution in [0.25, 0.3) is 0 Å². The van der Waals surface area contributed by atoms with Crippen LogP contribution in [0.3, 0.4) is 0 Å². The minimum absolute atomic E-state index is 0.121. The first-order chi connectivity index (χ1) is 6.74. The minimum Gasteiger partial charge on any atom is -0.396 e. The minimum atomic E-state index is -0.121. The van der Waals surface area contributed by atoms with E-state index < -0.39 is 0 Å². The molecule has 0 spiro atoms. The zero-order valence-corrected chi connectivity index (χ0v) is 9.28. The van der Waals surface area contributed by atoms with Gasteiger partial charge in [0.2, 0.25) is 0 Å². The number of aliphatic hydroxyl groups is 2. The molecule has 84 valence electrons. The van der Waals surface area contributed by atoms with Crippen molar-refractivity contribution in [2.45, 2.75) is 58.0 Å². The largest absolute Gasteiger partial charge is 0.396 e. The fourth-order valence-corrected chi connectivity index (χ4v) is 2.30. The van der Waals surface area contributed by atoms with Crippen molar-refractivity contribution < 1.29 is 10.2 Å². The van der Waals surface area contributed by atoms with Crippen molar-refractivity contribution in [2.75, 3.05) is 6.61 Å². The summed E-state index contributed by atoms with van der Waals surface area (Å²) in [5, 5.41) is 18.8. The van der Waals surface area contributed by atoms with Gasteiger partial charge in [-0.05, 0) is 37.5 Å². The monoisotopic (exact) mass is 200 g/mol. The second-order valence-electron chi connectivity index (χ2n) is 4.83. The lowest BCUT2D eigenvalue weighted by molar-refractivity contribution is 0.0685. The van der Waals surface area contributed by atoms with Gasteiger partial charge in [-0.15, -0.1) is 0 Å². The summed E-state index contributed by atoms with van der Waals surface area (Å²) < 4.78 is 0. The van der Waals surface area contributed by atoms with Gasteiger partial charge in [0.25, 0.3) is 0 Å². The molecule has 0 aromatic heterocycles. The topological polar surface area (TPSA) is 40.5 Å². The van der Waals surface area contributed by atoms with Gasteiger partial charge in [-0.25, -0.2) is 0 Å². The maximum absolute atomic E-state index is 9.94. The third-order valence-electron chi connectivity index (χ3n) is 3.46. The maximum Gasteiger partial charge on any atom is 0.0568 e. The van der Waals surface area contributed by atoms with Crippen molar-refractivity contribution in [1.82, 2.24) is 0 Å². The number of aliphatic hydroxyl groups excluding tert-OH is 2. The van der Waals surface area contributed by atoms with Gasteiger partial charge >= 0.3 is 0 Å². The van der Waals surface area contributed by atoms with E-state index in [2.05, 4.69) is 0 Å². The molecule has 0 aliphatic heterocycles. The van der Waals surface area contributed by atoms with Crippen LogP contribution in [0, 0.1) is 11.8 Å². The van der Waals surface area contributed by atoms with Gasteiger partial charge in [0.05, 0.1) is 6.10 Å². The van der Waals surface area contributed by atoms with E-state index >= 15 is 0 Å². The molecule has 0 saturated heterocycles. The van der Waals surface area contributed by atoms with Gasteiger partial charge in [-0.3, -0.25) is 0 Å². The van der Waals surface area contributed by atoms with Crippen molar-refractivity contribution in [3.8, 4) is 0 Å². The summed E-state index contributed by atoms with van der Waals surface area (Å²) in [6.07, 6.45) is 8.03. The first-order valence-corrected chi connectivity index (χ1v) is 6.03. The zero-order chi connectivity index (χ0) is 10.4. The second-order valence-corrected chi connectivity index (χ2v) is 4.83. The van der Waals surface area contributed by atoms with E-state index in [1.807, 2.05) is 6.92 Å². The van der Waals surface area contributed by atoms with E-state index in [-0.39, 0.29) is 12.7 Å². The van der Waals surface area contributed by atoms with E-state index in [1.54, 1.807) is 0 Å². The van der Waals surface area contributed by atoms with Crippen molar-refractivity contribution in [2.24, 2.45) is 11.8 Å². The Morgan fingerprint density at radius 1 is 1.14 bits per heavy atom. The molecular weight excluding hydrogens is 176 g/mol. The molecule has 1 aliphatic rings. The maximum atomic E-state index is 9.94. The molecule has 0 heterocycles. The van der Waals surface area contributed by atoms with E-state index in [0.717, 1.165) is 12.8 Å². The fraction of sp³-hybridized carbons (Fsp3) is 1.00. The van der Waals surface area contributed by atoms with Crippen molar-refractivity contribution >= 4 is 0 Å². The predicted octanol–water partition coefficient (Wildman–Crippen LogP) is 2.34. The molecule has 1 saturated carbocycles. The molecule has 0 radical (unpaired) electrons. The Hall–Kier alpha value is -0.0800. The van der Waals surface area contributed by atoms with Crippen LogP contribution in [0.5, 0.6) is 0 Å². The highest BCUT2D eigenvalue weighted by atomic mass is 16.3. The molecule has 1 rings (SSSR count). The lowest BCUT2D eigenvalue weighted by Gasteiger charge is -2.27. The van der Waals surface area contributed by atoms with Crippen LogP contribution in [0.15, 0.2) is 0 Å². The molecule has 1 aliphatic carbocycles. The molecule has 2 nitrogen and oxygen atoms in total. The van der Waals surface area contributed by atoms with Gasteiger partial charge in [0.1, 0.15) is 0 Å². The molecule has 14 heavy (non-hydrogen) atoms. The van der Waals surface area contributed by atoms with Crippen LogP contribution in [0.2, 0.25) is 0 Å². The van der Waals surface area contributed by atoms with Gasteiger partial charge in [-0.2, -0.15) is 0 Å². The highest BCUT2D eigenvalue weighted by molar-refractivity contribution is 4.73. The summed E-state index contributed by atoms with van der Waals surface area (Å²) in [7, 11) is 0. The molecule has 2 N–H and O–H groups in total. The van der Waals surface area contributed by atoms with E-state index in [1.165, 1.54) is 32.1 Å². The average molecular weight is 200 g/mol. The predicted molar refractivity (Wildman–Crippen MR) is 58.1 cm³/mol. The van der Waals surface area contributed by atoms with Crippen LogP contribution in [-0.2, 0) is 0 Å². The highest BCUT2D eigenvalue weighted by Gasteiger charge is 2.21. The Kier molecular flexibility index (Phi) is 5.49. The smallest absolute Gasteiger partial charge is 0.0568 e. The Bertz CT molecular complexity index is 141. The Morgan fingerprint density at radius 2 is 1.79 bits per heavy atom. The van der Waals surface area contributed by atoms with E-state index in [4.69, 9.17) is 5.11 Å². The van der Waals surface area contributed by atoms with Crippen LogP contribution in [0.1, 0.15) is 51.9 Å². The molecule has 2 heteroatoms. The van der Waals surface area contributed by atoms with Gasteiger partial charge in [-0.1, -0.05) is 26.2 Å². The lowest BCUT2D eigenvalue weighted by Crippen LogP contribution is -2.23. The fourth-order valence-electron chi connectivity index (χ4n) is 2.30. The van der Waals surface area contributed by atoms with Gasteiger partial charge in [0, 0.05) is 6.61 Å². The molecule has 0 bridgehead atoms. The summed E-state index contributed by atoms with van der Waals surface area (Å²) in [6.45, 7) is 2.28. The molecule has 1 fully saturated rings. The van der Waals surface area contributed by atoms with Crippen molar-refractivity contribution in [3.63, 3.8) is 0 Å². The van der Waals surface area contributed by atoms with Gasteiger partial charge in [0.15, 0.2) is 0 Å². The zero-order valence-electron chi connectivity index (χ0n) is 9.28. The SMILES string of the molecule is CC(CO)CCC(O)C1CCCCC1. The number of hydrogen-bond donors (Lipinski definition) is 2. The highest BCUT2D eigenvalue weighted by Crippen LogP contribution is 2.28. The third kappa shape index (κ3) is 3.97. The molecule has 0 amide bonds. The van der Waals surface area contributed by atoms with Crippen LogP contribution >= 0.6 is 0 Å². The molecule has 0 aromatic rings. The third-order valence-corrected chi connectivity index (χ3v) is 3.46. The van der Waals surface area contributed by atoms with Crippen LogP contribution in [-0.4, -0.2) is 22.9 Å². The molecule has 2 unspecified atom stereocenters. The summed E-state index contributed by atoms with van der Waals surface area (Å²) in [4.78, 5) is 0. The normalized spacial score (nSPS) is 23.4. The number of rotatable bonds is 5. The first kappa shape index (κ1) is 12.0. The van der Waals surface area contributed by atoms with E-state index in [0.29, 0.717) is 11.8 Å². The standard InChI is InChI=1S/C12H24O2/c1-10(9-13)7-8-12(14)11-5-3-2-4-6-11/h10-14H,2-9H2,1H3. The molecular formula is C12H24O2. The van der Waals surface area contributed by atoms with Crippen molar-refractivity contribution in [1.29, 1.82) is 0 Å². The Labute approximate surface area is 87.3 Å². The molecule has 2 atom stereocenters. The lowest BCUT2D eigenvalue weighted by atomic mass is 9.83. The van der Waals surface area contributed by atoms with Crippen molar-refractivity contribution in [3.05, 3.63) is 0 Å². The summed E-state index contributed by atoms with van der Waals surface area (Å²) in [5.41, 5.74) is 0. The van der Waals surface area contributed by atoms with Crippen LogP contribution < -0.4 is 0 Å². The quantitative estimate of drug-likeness (QED) is 0.715. The second kappa shape index (κ2) is 6.41. The molecule has 0 aromatic carbocycles. The van der Waals surface area contributed by atoms with Crippen LogP contribution in [0.4, 0.5) is 0 Å². The summed E-state index contributed by atoms with van der Waals surface area (Å²) >= 11 is 0. The summed E-state index contributed by atoms with van der Waals surface area (Å²) in [5.74, 6) is 0.878. The van der Waals surface area contributed by atoms with E-state index in [9.17, 15) is 5.11 Å². The first-order valence-electron chi connectivity index (χ1n) is 6.03. The summed E-state index contributed by atoms with van der Waals surface area (Å²) in [6, 6.07) is 0. The average Bonchev–Trinajstić information content (AvgIpc) is 2.26. The van der Waals surface area contributed by atoms with Gasteiger partial charge < -0.3 is 10.2 Å².